The van der Waals surface area contributed by atoms with E-state index in [1.165, 1.54) is 5.00 Å². The smallest absolute Gasteiger partial charge is 0.0916 e. The highest BCUT2D eigenvalue weighted by Gasteiger charge is 2.20. The van der Waals surface area contributed by atoms with Gasteiger partial charge in [0, 0.05) is 18.5 Å². The van der Waals surface area contributed by atoms with Gasteiger partial charge in [-0.25, -0.2) is 0 Å². The molecule has 0 aliphatic carbocycles. The van der Waals surface area contributed by atoms with E-state index in [1.54, 1.807) is 11.3 Å². The number of nitrogens with zero attached hydrogens (tertiary/aromatic N) is 1. The molecule has 59 valence electrons. The topological polar surface area (TPSA) is 23.5 Å². The molecule has 1 unspecified atom stereocenters. The lowest BCUT2D eigenvalue weighted by molar-refractivity contribution is 0.198. The van der Waals surface area contributed by atoms with E-state index in [0.29, 0.717) is 0 Å². The van der Waals surface area contributed by atoms with Crippen LogP contribution in [-0.4, -0.2) is 24.3 Å². The summed E-state index contributed by atoms with van der Waals surface area (Å²) in [5, 5.41) is 13.5. The van der Waals surface area contributed by atoms with Crippen LogP contribution in [0.2, 0.25) is 0 Å². The molecular weight excluding hydrogens is 158 g/mol. The van der Waals surface area contributed by atoms with Crippen LogP contribution in [0.3, 0.4) is 0 Å². The Morgan fingerprint density at radius 1 is 1.73 bits per heavy atom. The van der Waals surface area contributed by atoms with Crippen molar-refractivity contribution < 1.29 is 5.11 Å². The molecule has 1 fully saturated rings. The van der Waals surface area contributed by atoms with Crippen molar-refractivity contribution in [3.8, 4) is 0 Å². The Morgan fingerprint density at radius 2 is 2.64 bits per heavy atom. The minimum atomic E-state index is -0.128. The fraction of sp³-hybridized carbons (Fsp3) is 0.500. The van der Waals surface area contributed by atoms with Crippen molar-refractivity contribution in [1.29, 1.82) is 0 Å². The fourth-order valence-corrected chi connectivity index (χ4v) is 2.03. The minimum absolute atomic E-state index is 0.128. The summed E-state index contributed by atoms with van der Waals surface area (Å²) in [6.07, 6.45) is 0.773. The van der Waals surface area contributed by atoms with E-state index in [9.17, 15) is 5.11 Å². The third-order valence-electron chi connectivity index (χ3n) is 1.93. The van der Waals surface area contributed by atoms with E-state index in [2.05, 4.69) is 10.3 Å². The van der Waals surface area contributed by atoms with E-state index in [4.69, 9.17) is 0 Å². The molecule has 1 aliphatic heterocycles. The van der Waals surface area contributed by atoms with E-state index in [-0.39, 0.29) is 6.10 Å². The second-order valence-electron chi connectivity index (χ2n) is 2.78. The summed E-state index contributed by atoms with van der Waals surface area (Å²) in [5.41, 5.74) is 0. The van der Waals surface area contributed by atoms with Crippen LogP contribution in [0.15, 0.2) is 12.1 Å². The average molecular weight is 168 g/mol. The largest absolute Gasteiger partial charge is 0.391 e. The van der Waals surface area contributed by atoms with E-state index in [0.717, 1.165) is 19.5 Å². The zero-order valence-corrected chi connectivity index (χ0v) is 6.97. The maximum absolute atomic E-state index is 9.25. The van der Waals surface area contributed by atoms with Gasteiger partial charge in [-0.15, -0.1) is 11.3 Å². The van der Waals surface area contributed by atoms with Gasteiger partial charge in [-0.1, -0.05) is 0 Å². The van der Waals surface area contributed by atoms with Crippen LogP contribution in [0.4, 0.5) is 5.00 Å². The van der Waals surface area contributed by atoms with Gasteiger partial charge >= 0.3 is 0 Å². The van der Waals surface area contributed by atoms with Crippen LogP contribution in [-0.2, 0) is 0 Å². The van der Waals surface area contributed by atoms with Gasteiger partial charge < -0.3 is 10.0 Å². The molecule has 1 saturated heterocycles. The summed E-state index contributed by atoms with van der Waals surface area (Å²) >= 11 is 1.61. The van der Waals surface area contributed by atoms with Crippen molar-refractivity contribution in [3.63, 3.8) is 0 Å². The molecule has 2 rings (SSSR count). The maximum atomic E-state index is 9.25. The van der Waals surface area contributed by atoms with Crippen molar-refractivity contribution in [2.45, 2.75) is 12.5 Å². The summed E-state index contributed by atoms with van der Waals surface area (Å²) in [5.74, 6) is 0. The van der Waals surface area contributed by atoms with Gasteiger partial charge in [0.1, 0.15) is 0 Å². The molecule has 1 aromatic rings. The molecule has 1 N–H and O–H groups in total. The van der Waals surface area contributed by atoms with E-state index in [1.807, 2.05) is 12.1 Å². The summed E-state index contributed by atoms with van der Waals surface area (Å²) in [6, 6.07) is 3.97. The highest BCUT2D eigenvalue weighted by atomic mass is 32.1. The number of hydrogen-bond acceptors (Lipinski definition) is 3. The van der Waals surface area contributed by atoms with Gasteiger partial charge in [0.2, 0.25) is 0 Å². The van der Waals surface area contributed by atoms with Crippen molar-refractivity contribution in [1.82, 2.24) is 0 Å². The number of thiophene rings is 1. The Kier molecular flexibility index (Phi) is 1.84. The zero-order valence-electron chi connectivity index (χ0n) is 6.16. The molecule has 1 aromatic heterocycles. The third-order valence-corrected chi connectivity index (χ3v) is 2.79. The lowest BCUT2D eigenvalue weighted by atomic mass is 10.3. The SMILES string of the molecule is OC1CCN(c2cc[c]s2)C1. The summed E-state index contributed by atoms with van der Waals surface area (Å²) in [7, 11) is 0. The van der Waals surface area contributed by atoms with Crippen LogP contribution >= 0.6 is 11.3 Å². The quantitative estimate of drug-likeness (QED) is 0.679. The fourth-order valence-electron chi connectivity index (χ4n) is 1.35. The van der Waals surface area contributed by atoms with E-state index < -0.39 is 0 Å². The number of aliphatic hydroxyl groups is 1. The Bertz CT molecular complexity index is 222. The third kappa shape index (κ3) is 1.39. The maximum Gasteiger partial charge on any atom is 0.0916 e. The number of anilines is 1. The molecule has 0 amide bonds. The Hall–Kier alpha value is -0.540. The molecule has 1 atom stereocenters. The summed E-state index contributed by atoms with van der Waals surface area (Å²) in [6.45, 7) is 1.77. The second-order valence-corrected chi connectivity index (χ2v) is 3.64. The molecule has 2 heterocycles. The molecule has 2 nitrogen and oxygen atoms in total. The predicted molar refractivity (Wildman–Crippen MR) is 46.0 cm³/mol. The molecule has 11 heavy (non-hydrogen) atoms. The first kappa shape index (κ1) is 7.13. The van der Waals surface area contributed by atoms with Gasteiger partial charge in [0.15, 0.2) is 0 Å². The molecule has 3 heteroatoms. The van der Waals surface area contributed by atoms with Crippen LogP contribution in [0.1, 0.15) is 6.42 Å². The van der Waals surface area contributed by atoms with Crippen molar-refractivity contribution >= 4 is 16.3 Å². The molecule has 0 saturated carbocycles. The van der Waals surface area contributed by atoms with E-state index >= 15 is 0 Å². The summed E-state index contributed by atoms with van der Waals surface area (Å²) < 4.78 is 0. The lowest BCUT2D eigenvalue weighted by Gasteiger charge is -2.13. The predicted octanol–water partition coefficient (Wildman–Crippen LogP) is 1.12. The number of hydrogen-bond donors (Lipinski definition) is 1. The van der Waals surface area contributed by atoms with Gasteiger partial charge in [-0.05, 0) is 18.6 Å². The van der Waals surface area contributed by atoms with Crippen LogP contribution < -0.4 is 4.90 Å². The molecule has 0 aromatic carbocycles. The van der Waals surface area contributed by atoms with Gasteiger partial charge in [-0.3, -0.25) is 0 Å². The molecule has 1 aliphatic rings. The number of rotatable bonds is 1. The monoisotopic (exact) mass is 168 g/mol. The van der Waals surface area contributed by atoms with Gasteiger partial charge in [0.05, 0.1) is 11.1 Å². The Morgan fingerprint density at radius 3 is 3.18 bits per heavy atom. The minimum Gasteiger partial charge on any atom is -0.391 e. The molecule has 0 bridgehead atoms. The molecule has 0 spiro atoms. The standard InChI is InChI=1S/C8H10NOS/c10-7-3-4-9(6-7)8-2-1-5-11-8/h1-2,7,10H,3-4,6H2. The first-order valence-electron chi connectivity index (χ1n) is 3.75. The highest BCUT2D eigenvalue weighted by molar-refractivity contribution is 7.13. The first-order chi connectivity index (χ1) is 5.36. The molecular formula is C8H10NOS. The summed E-state index contributed by atoms with van der Waals surface area (Å²) in [4.78, 5) is 2.20. The normalized spacial score (nSPS) is 24.5. The van der Waals surface area contributed by atoms with Gasteiger partial charge in [-0.2, -0.15) is 0 Å². The average Bonchev–Trinajstić information content (AvgIpc) is 2.55. The Balaban J connectivity index is 2.08. The first-order valence-corrected chi connectivity index (χ1v) is 4.57. The zero-order chi connectivity index (χ0) is 7.68. The number of aliphatic hydroxyl groups excluding tert-OH is 1. The highest BCUT2D eigenvalue weighted by Crippen LogP contribution is 2.24. The molecule has 1 radical (unpaired) electrons. The van der Waals surface area contributed by atoms with Gasteiger partial charge in [0.25, 0.3) is 0 Å². The van der Waals surface area contributed by atoms with Crippen molar-refractivity contribution in [2.75, 3.05) is 18.0 Å². The van der Waals surface area contributed by atoms with Crippen LogP contribution in [0.25, 0.3) is 0 Å². The lowest BCUT2D eigenvalue weighted by Crippen LogP contribution is -2.19. The van der Waals surface area contributed by atoms with Crippen LogP contribution in [0, 0.1) is 5.38 Å². The van der Waals surface area contributed by atoms with Crippen molar-refractivity contribution in [3.05, 3.63) is 17.5 Å². The van der Waals surface area contributed by atoms with Crippen LogP contribution in [0.5, 0.6) is 0 Å². The second kappa shape index (κ2) is 2.83. The number of β-amino-alcohol motifs (C(OH)–C–C–N with tert-alkyl or cyclic N) is 1. The van der Waals surface area contributed by atoms with Crippen molar-refractivity contribution in [2.24, 2.45) is 0 Å². The Labute approximate surface area is 70.1 Å².